The summed E-state index contributed by atoms with van der Waals surface area (Å²) in [5.74, 6) is 0.294. The van der Waals surface area contributed by atoms with E-state index < -0.39 is 15.7 Å². The zero-order valence-corrected chi connectivity index (χ0v) is 21.5. The average Bonchev–Trinajstić information content (AvgIpc) is 2.79. The first-order valence-corrected chi connectivity index (χ1v) is 13.4. The Morgan fingerprint density at radius 3 is 2.47 bits per heavy atom. The van der Waals surface area contributed by atoms with Crippen molar-refractivity contribution >= 4 is 49.0 Å². The molecule has 0 bridgehead atoms. The van der Waals surface area contributed by atoms with Gasteiger partial charge in [-0.05, 0) is 54.1 Å². The van der Waals surface area contributed by atoms with Crippen LogP contribution in [0, 0.1) is 0 Å². The van der Waals surface area contributed by atoms with Gasteiger partial charge in [0, 0.05) is 35.1 Å². The highest BCUT2D eigenvalue weighted by molar-refractivity contribution is 9.10. The largest absolute Gasteiger partial charge is 0.489 e. The van der Waals surface area contributed by atoms with Crippen LogP contribution in [0.3, 0.4) is 0 Å². The zero-order chi connectivity index (χ0) is 24.7. The summed E-state index contributed by atoms with van der Waals surface area (Å²) in [4.78, 5) is 12.6. The van der Waals surface area contributed by atoms with Crippen molar-refractivity contribution in [3.63, 3.8) is 0 Å². The molecule has 3 aromatic rings. The van der Waals surface area contributed by atoms with E-state index in [1.165, 1.54) is 18.2 Å². The first-order valence-electron chi connectivity index (χ1n) is 10.3. The second kappa shape index (κ2) is 11.8. The van der Waals surface area contributed by atoms with Crippen molar-refractivity contribution < 1.29 is 23.1 Å². The Balaban J connectivity index is 1.62. The second-order valence-electron chi connectivity index (χ2n) is 7.51. The molecule has 0 fully saturated rings. The SMILES string of the molecule is CS(=O)(=O)c1ccc(C(=O)Nc2ccc(COc3ccc(Br)cc3CNCCO)cc2)c(Cl)c1. The second-order valence-corrected chi connectivity index (χ2v) is 10.8. The number of amides is 1. The van der Waals surface area contributed by atoms with Crippen LogP contribution < -0.4 is 15.4 Å². The number of anilines is 1. The highest BCUT2D eigenvalue weighted by Gasteiger charge is 2.15. The quantitative estimate of drug-likeness (QED) is 0.313. The molecule has 7 nitrogen and oxygen atoms in total. The van der Waals surface area contributed by atoms with Gasteiger partial charge in [-0.3, -0.25) is 4.79 Å². The van der Waals surface area contributed by atoms with Crippen LogP contribution in [-0.4, -0.2) is 38.8 Å². The number of aliphatic hydroxyl groups excluding tert-OH is 1. The molecule has 0 unspecified atom stereocenters. The number of carbonyl (C=O) groups excluding carboxylic acids is 1. The van der Waals surface area contributed by atoms with Gasteiger partial charge in [0.15, 0.2) is 9.84 Å². The molecule has 10 heteroatoms. The number of nitrogens with one attached hydrogen (secondary N) is 2. The fraction of sp³-hybridized carbons (Fsp3) is 0.208. The summed E-state index contributed by atoms with van der Waals surface area (Å²) in [6, 6.07) is 16.9. The van der Waals surface area contributed by atoms with Crippen LogP contribution in [0.15, 0.2) is 70.0 Å². The number of rotatable bonds is 10. The lowest BCUT2D eigenvalue weighted by Gasteiger charge is -2.13. The van der Waals surface area contributed by atoms with Crippen LogP contribution >= 0.6 is 27.5 Å². The van der Waals surface area contributed by atoms with Crippen LogP contribution in [-0.2, 0) is 23.0 Å². The van der Waals surface area contributed by atoms with Crippen LogP contribution in [0.25, 0.3) is 0 Å². The molecule has 0 aliphatic heterocycles. The molecule has 0 spiro atoms. The van der Waals surface area contributed by atoms with E-state index in [9.17, 15) is 13.2 Å². The van der Waals surface area contributed by atoms with Crippen molar-refractivity contribution in [2.45, 2.75) is 18.0 Å². The molecule has 34 heavy (non-hydrogen) atoms. The van der Waals surface area contributed by atoms with Gasteiger partial charge in [-0.15, -0.1) is 0 Å². The summed E-state index contributed by atoms with van der Waals surface area (Å²) < 4.78 is 30.2. The van der Waals surface area contributed by atoms with E-state index in [2.05, 4.69) is 26.6 Å². The molecule has 0 saturated heterocycles. The Bertz CT molecular complexity index is 1270. The molecule has 0 radical (unpaired) electrons. The number of hydrogen-bond donors (Lipinski definition) is 3. The van der Waals surface area contributed by atoms with E-state index in [0.717, 1.165) is 27.6 Å². The number of carbonyl (C=O) groups is 1. The molecule has 0 atom stereocenters. The molecule has 3 aromatic carbocycles. The van der Waals surface area contributed by atoms with Crippen LogP contribution in [0.4, 0.5) is 5.69 Å². The topological polar surface area (TPSA) is 105 Å². The number of ether oxygens (including phenoxy) is 1. The van der Waals surface area contributed by atoms with E-state index in [-0.39, 0.29) is 22.1 Å². The van der Waals surface area contributed by atoms with E-state index in [1.54, 1.807) is 12.1 Å². The Morgan fingerprint density at radius 1 is 1.09 bits per heavy atom. The summed E-state index contributed by atoms with van der Waals surface area (Å²) in [7, 11) is -3.41. The van der Waals surface area contributed by atoms with Gasteiger partial charge in [-0.25, -0.2) is 8.42 Å². The number of aliphatic hydroxyl groups is 1. The third kappa shape index (κ3) is 7.28. The minimum absolute atomic E-state index is 0.0523. The zero-order valence-electron chi connectivity index (χ0n) is 18.3. The van der Waals surface area contributed by atoms with Gasteiger partial charge in [-0.2, -0.15) is 0 Å². The summed E-state index contributed by atoms with van der Waals surface area (Å²) in [5, 5.41) is 14.9. The van der Waals surface area contributed by atoms with E-state index in [0.29, 0.717) is 25.4 Å². The van der Waals surface area contributed by atoms with Gasteiger partial charge in [-0.1, -0.05) is 39.7 Å². The number of hydrogen-bond acceptors (Lipinski definition) is 6. The van der Waals surface area contributed by atoms with Crippen molar-refractivity contribution in [3.05, 3.63) is 86.8 Å². The van der Waals surface area contributed by atoms with Crippen molar-refractivity contribution in [2.75, 3.05) is 24.7 Å². The van der Waals surface area contributed by atoms with Crippen molar-refractivity contribution in [1.82, 2.24) is 5.32 Å². The standard InChI is InChI=1S/C24H24BrClN2O5S/c1-34(31,32)20-7-8-21(22(26)13-20)24(30)28-19-5-2-16(3-6-19)15-33-23-9-4-18(25)12-17(23)14-27-10-11-29/h2-9,12-13,27,29H,10-11,14-15H2,1H3,(H,28,30). The molecular weight excluding hydrogens is 544 g/mol. The first-order chi connectivity index (χ1) is 16.2. The fourth-order valence-electron chi connectivity index (χ4n) is 3.08. The third-order valence-corrected chi connectivity index (χ3v) is 6.76. The van der Waals surface area contributed by atoms with Crippen molar-refractivity contribution in [3.8, 4) is 5.75 Å². The summed E-state index contributed by atoms with van der Waals surface area (Å²) in [6.07, 6.45) is 1.08. The van der Waals surface area contributed by atoms with Gasteiger partial charge in [0.2, 0.25) is 0 Å². The molecule has 0 heterocycles. The van der Waals surface area contributed by atoms with Gasteiger partial charge in [0.25, 0.3) is 5.91 Å². The Labute approximate surface area is 212 Å². The molecule has 1 amide bonds. The van der Waals surface area contributed by atoms with Gasteiger partial charge >= 0.3 is 0 Å². The lowest BCUT2D eigenvalue weighted by Crippen LogP contribution is -2.18. The lowest BCUT2D eigenvalue weighted by molar-refractivity contribution is 0.102. The summed E-state index contributed by atoms with van der Waals surface area (Å²) in [5.41, 5.74) is 2.62. The molecule has 3 rings (SSSR count). The summed E-state index contributed by atoms with van der Waals surface area (Å²) in [6.45, 7) is 1.45. The molecule has 0 aliphatic rings. The van der Waals surface area contributed by atoms with Crippen LogP contribution in [0.1, 0.15) is 21.5 Å². The third-order valence-electron chi connectivity index (χ3n) is 4.85. The fourth-order valence-corrected chi connectivity index (χ4v) is 4.47. The predicted octanol–water partition coefficient (Wildman–Crippen LogP) is 4.42. The van der Waals surface area contributed by atoms with Crippen LogP contribution in [0.2, 0.25) is 5.02 Å². The number of sulfone groups is 1. The maximum atomic E-state index is 12.6. The lowest BCUT2D eigenvalue weighted by atomic mass is 10.1. The van der Waals surface area contributed by atoms with E-state index >= 15 is 0 Å². The van der Waals surface area contributed by atoms with Crippen molar-refractivity contribution in [2.24, 2.45) is 0 Å². The Hall–Kier alpha value is -2.43. The summed E-state index contributed by atoms with van der Waals surface area (Å²) >= 11 is 9.58. The maximum Gasteiger partial charge on any atom is 0.257 e. The highest BCUT2D eigenvalue weighted by Crippen LogP contribution is 2.25. The highest BCUT2D eigenvalue weighted by atomic mass is 79.9. The molecule has 0 saturated carbocycles. The molecule has 180 valence electrons. The minimum Gasteiger partial charge on any atom is -0.489 e. The normalized spacial score (nSPS) is 11.3. The molecule has 0 aliphatic carbocycles. The molecule has 0 aromatic heterocycles. The first kappa shape index (κ1) is 26.2. The number of halogens is 2. The molecular formula is C24H24BrClN2O5S. The van der Waals surface area contributed by atoms with Gasteiger partial charge in [0.1, 0.15) is 12.4 Å². The van der Waals surface area contributed by atoms with E-state index in [4.69, 9.17) is 21.4 Å². The minimum atomic E-state index is -3.41. The van der Waals surface area contributed by atoms with Gasteiger partial charge in [0.05, 0.1) is 22.1 Å². The number of benzene rings is 3. The smallest absolute Gasteiger partial charge is 0.257 e. The Morgan fingerprint density at radius 2 is 1.82 bits per heavy atom. The van der Waals surface area contributed by atoms with Gasteiger partial charge < -0.3 is 20.5 Å². The van der Waals surface area contributed by atoms with E-state index in [1.807, 2.05) is 30.3 Å². The van der Waals surface area contributed by atoms with Crippen molar-refractivity contribution in [1.29, 1.82) is 0 Å². The monoisotopic (exact) mass is 566 g/mol. The molecule has 3 N–H and O–H groups in total. The average molecular weight is 568 g/mol. The Kier molecular flexibility index (Phi) is 9.10. The maximum absolute atomic E-state index is 12.6. The predicted molar refractivity (Wildman–Crippen MR) is 136 cm³/mol. The van der Waals surface area contributed by atoms with Crippen LogP contribution in [0.5, 0.6) is 5.75 Å².